The van der Waals surface area contributed by atoms with Crippen LogP contribution in [0.2, 0.25) is 4.73 Å². The second-order valence-corrected chi connectivity index (χ2v) is 6.47. The fourth-order valence-electron chi connectivity index (χ4n) is 2.08. The van der Waals surface area contributed by atoms with Crippen LogP contribution in [0, 0.1) is 0 Å². The van der Waals surface area contributed by atoms with Crippen molar-refractivity contribution in [3.8, 4) is 0 Å². The molecule has 0 radical (unpaired) electrons. The number of rotatable bonds is 5. The zero-order valence-electron chi connectivity index (χ0n) is 10.6. The summed E-state index contributed by atoms with van der Waals surface area (Å²) in [6, 6.07) is 8.78. The van der Waals surface area contributed by atoms with Gasteiger partial charge in [-0.3, -0.25) is 0 Å². The van der Waals surface area contributed by atoms with Crippen LogP contribution >= 0.6 is 0 Å². The molecule has 88 valence electrons. The number of hydrogen-bond donors (Lipinski definition) is 0. The van der Waals surface area contributed by atoms with E-state index < -0.39 is 0 Å². The fourth-order valence-corrected chi connectivity index (χ4v) is 4.07. The van der Waals surface area contributed by atoms with Gasteiger partial charge in [0.1, 0.15) is 0 Å². The monoisotopic (exact) mass is 261 g/mol. The molecular formula is C15H19NTi. The van der Waals surface area contributed by atoms with Gasteiger partial charge in [0.15, 0.2) is 0 Å². The Morgan fingerprint density at radius 1 is 1.18 bits per heavy atom. The molecule has 0 heterocycles. The van der Waals surface area contributed by atoms with E-state index in [1.165, 1.54) is 27.1 Å². The summed E-state index contributed by atoms with van der Waals surface area (Å²) >= 11 is 0.121. The van der Waals surface area contributed by atoms with E-state index in [2.05, 4.69) is 61.5 Å². The summed E-state index contributed by atoms with van der Waals surface area (Å²) in [7, 11) is 4.25. The first-order chi connectivity index (χ1) is 8.27. The summed E-state index contributed by atoms with van der Waals surface area (Å²) in [4.78, 5) is 2.22. The molecule has 0 atom stereocenters. The molecule has 2 heteroatoms. The van der Waals surface area contributed by atoms with Crippen LogP contribution in [0.25, 0.3) is 0 Å². The summed E-state index contributed by atoms with van der Waals surface area (Å²) in [6.07, 6.45) is 7.94. The molecule has 1 aliphatic rings. The fraction of sp³-hybridized carbons (Fsp3) is 0.333. The summed E-state index contributed by atoms with van der Waals surface area (Å²) in [5, 5.41) is 0. The Hall–Kier alpha value is -0.786. The summed E-state index contributed by atoms with van der Waals surface area (Å²) in [6.45, 7) is 0. The Bertz CT molecular complexity index is 432. The normalized spacial score (nSPS) is 13.6. The summed E-state index contributed by atoms with van der Waals surface area (Å²) in [5.74, 6) is 0. The first kappa shape index (κ1) is 12.7. The van der Waals surface area contributed by atoms with Crippen molar-refractivity contribution in [2.75, 3.05) is 19.0 Å². The zero-order chi connectivity index (χ0) is 12.1. The van der Waals surface area contributed by atoms with Crippen LogP contribution in [0.5, 0.6) is 0 Å². The molecule has 0 saturated carbocycles. The standard InChI is InChI=1S/C9H12N.C6H7.Ti/c1-8-6-4-5-7-9(8)10(2)3;1-6-4-2-3-5-6;/h4-7H,1H2,2-3H3;2-4H,1,5H2;. The van der Waals surface area contributed by atoms with E-state index in [4.69, 9.17) is 0 Å². The summed E-state index contributed by atoms with van der Waals surface area (Å²) in [5.41, 5.74) is 4.53. The van der Waals surface area contributed by atoms with Crippen LogP contribution in [-0.2, 0) is 23.9 Å². The number of para-hydroxylation sites is 1. The first-order valence-electron chi connectivity index (χ1n) is 6.08. The summed E-state index contributed by atoms with van der Waals surface area (Å²) < 4.78 is 2.65. The van der Waals surface area contributed by atoms with Crippen LogP contribution in [0.1, 0.15) is 12.0 Å². The van der Waals surface area contributed by atoms with Gasteiger partial charge in [-0.2, -0.15) is 0 Å². The van der Waals surface area contributed by atoms with Gasteiger partial charge in [0.25, 0.3) is 0 Å². The van der Waals surface area contributed by atoms with Crippen LogP contribution < -0.4 is 4.90 Å². The SMILES string of the molecule is CN(C)c1ccccc1[CH2][Ti][CH2]C1=CC=CC1. The molecule has 0 aromatic heterocycles. The number of anilines is 1. The van der Waals surface area contributed by atoms with Gasteiger partial charge in [-0.15, -0.1) is 0 Å². The van der Waals surface area contributed by atoms with E-state index >= 15 is 0 Å². The van der Waals surface area contributed by atoms with E-state index in [9.17, 15) is 0 Å². The second-order valence-electron chi connectivity index (χ2n) is 4.58. The predicted molar refractivity (Wildman–Crippen MR) is 71.1 cm³/mol. The molecular weight excluding hydrogens is 242 g/mol. The van der Waals surface area contributed by atoms with Gasteiger partial charge in [-0.05, 0) is 0 Å². The van der Waals surface area contributed by atoms with E-state index in [-0.39, 0.29) is 19.2 Å². The van der Waals surface area contributed by atoms with Crippen molar-refractivity contribution in [1.29, 1.82) is 0 Å². The molecule has 0 fully saturated rings. The molecule has 1 aromatic carbocycles. The Kier molecular flexibility index (Phi) is 4.64. The van der Waals surface area contributed by atoms with Gasteiger partial charge in [0, 0.05) is 0 Å². The van der Waals surface area contributed by atoms with Gasteiger partial charge < -0.3 is 0 Å². The Morgan fingerprint density at radius 2 is 2.00 bits per heavy atom. The minimum absolute atomic E-state index is 0.121. The molecule has 1 nitrogen and oxygen atoms in total. The molecule has 1 aromatic rings. The molecule has 0 spiro atoms. The molecule has 0 saturated heterocycles. The first-order valence-corrected chi connectivity index (χ1v) is 8.29. The van der Waals surface area contributed by atoms with Crippen LogP contribution in [0.15, 0.2) is 48.1 Å². The molecule has 0 unspecified atom stereocenters. The quantitative estimate of drug-likeness (QED) is 0.731. The van der Waals surface area contributed by atoms with Gasteiger partial charge in [0.2, 0.25) is 0 Å². The van der Waals surface area contributed by atoms with E-state index in [0.29, 0.717) is 0 Å². The second kappa shape index (κ2) is 6.23. The molecule has 2 rings (SSSR count). The molecule has 0 N–H and O–H groups in total. The van der Waals surface area contributed by atoms with Crippen molar-refractivity contribution in [2.24, 2.45) is 0 Å². The maximum absolute atomic E-state index is 2.29. The average Bonchev–Trinajstić information content (AvgIpc) is 2.82. The maximum atomic E-state index is 2.29. The van der Waals surface area contributed by atoms with E-state index in [0.717, 1.165) is 0 Å². The van der Waals surface area contributed by atoms with Crippen molar-refractivity contribution in [2.45, 2.75) is 15.9 Å². The van der Waals surface area contributed by atoms with E-state index in [1.54, 1.807) is 5.57 Å². The van der Waals surface area contributed by atoms with Crippen molar-refractivity contribution in [3.63, 3.8) is 0 Å². The number of benzene rings is 1. The van der Waals surface area contributed by atoms with Gasteiger partial charge >= 0.3 is 113 Å². The van der Waals surface area contributed by atoms with Crippen LogP contribution in [0.3, 0.4) is 0 Å². The Morgan fingerprint density at radius 3 is 2.71 bits per heavy atom. The van der Waals surface area contributed by atoms with Crippen molar-refractivity contribution in [3.05, 3.63) is 53.6 Å². The van der Waals surface area contributed by atoms with Crippen molar-refractivity contribution >= 4 is 5.69 Å². The van der Waals surface area contributed by atoms with Crippen LogP contribution in [-0.4, -0.2) is 14.1 Å². The molecule has 17 heavy (non-hydrogen) atoms. The minimum atomic E-state index is 0.121. The number of nitrogens with zero attached hydrogens (tertiary/aromatic N) is 1. The van der Waals surface area contributed by atoms with Gasteiger partial charge in [-0.1, -0.05) is 0 Å². The van der Waals surface area contributed by atoms with Gasteiger partial charge in [0.05, 0.1) is 0 Å². The third-order valence-electron chi connectivity index (χ3n) is 2.99. The van der Waals surface area contributed by atoms with Crippen molar-refractivity contribution < 1.29 is 19.2 Å². The third kappa shape index (κ3) is 3.59. The third-order valence-corrected chi connectivity index (χ3v) is 5.07. The molecule has 0 aliphatic heterocycles. The molecule has 0 amide bonds. The van der Waals surface area contributed by atoms with E-state index in [1.807, 2.05) is 0 Å². The zero-order valence-corrected chi connectivity index (χ0v) is 12.2. The average molecular weight is 261 g/mol. The molecule has 0 bridgehead atoms. The number of allylic oxidation sites excluding steroid dienone is 4. The van der Waals surface area contributed by atoms with Crippen molar-refractivity contribution in [1.82, 2.24) is 0 Å². The Labute approximate surface area is 113 Å². The Balaban J connectivity index is 1.90. The molecule has 1 aliphatic carbocycles. The predicted octanol–water partition coefficient (Wildman–Crippen LogP) is 3.64. The topological polar surface area (TPSA) is 3.24 Å². The van der Waals surface area contributed by atoms with Gasteiger partial charge in [-0.25, -0.2) is 0 Å². The number of hydrogen-bond acceptors (Lipinski definition) is 1. The van der Waals surface area contributed by atoms with Crippen LogP contribution in [0.4, 0.5) is 5.69 Å².